The largest absolute Gasteiger partial charge is 0.368 e. The van der Waals surface area contributed by atoms with E-state index in [1.54, 1.807) is 4.90 Å². The van der Waals surface area contributed by atoms with Crippen molar-refractivity contribution >= 4 is 28.7 Å². The zero-order valence-corrected chi connectivity index (χ0v) is 21.4. The summed E-state index contributed by atoms with van der Waals surface area (Å²) in [7, 11) is 0. The van der Waals surface area contributed by atoms with E-state index in [1.807, 2.05) is 36.4 Å². The van der Waals surface area contributed by atoms with Crippen LogP contribution in [0.1, 0.15) is 45.6 Å². The number of nitrogens with zero attached hydrogens (tertiary/aromatic N) is 4. The van der Waals surface area contributed by atoms with Gasteiger partial charge in [-0.15, -0.1) is 0 Å². The zero-order valence-electron chi connectivity index (χ0n) is 21.4. The molecule has 0 spiro atoms. The van der Waals surface area contributed by atoms with E-state index in [0.717, 1.165) is 52.8 Å². The molecule has 4 N–H and O–H groups in total. The Labute approximate surface area is 221 Å². The van der Waals surface area contributed by atoms with Gasteiger partial charge < -0.3 is 16.4 Å². The quantitative estimate of drug-likeness (QED) is 0.425. The number of carbonyl (C=O) groups excluding carboxylic acids is 2. The maximum absolute atomic E-state index is 13.7. The number of aromatic nitrogens is 2. The summed E-state index contributed by atoms with van der Waals surface area (Å²) < 4.78 is 0. The molecule has 1 atom stereocenters. The molecule has 8 nitrogen and oxygen atoms in total. The highest BCUT2D eigenvalue weighted by atomic mass is 16.2. The Bertz CT molecular complexity index is 1560. The zero-order chi connectivity index (χ0) is 26.4. The Kier molecular flexibility index (Phi) is 6.04. The van der Waals surface area contributed by atoms with Gasteiger partial charge in [0, 0.05) is 25.0 Å². The van der Waals surface area contributed by atoms with Crippen LogP contribution < -0.4 is 11.5 Å². The second-order valence-electron chi connectivity index (χ2n) is 10.2. The maximum Gasteiger partial charge on any atom is 0.273 e. The van der Waals surface area contributed by atoms with Crippen molar-refractivity contribution < 1.29 is 9.59 Å². The van der Waals surface area contributed by atoms with Crippen LogP contribution in [0.5, 0.6) is 0 Å². The molecule has 1 unspecified atom stereocenters. The van der Waals surface area contributed by atoms with Gasteiger partial charge >= 0.3 is 0 Å². The van der Waals surface area contributed by atoms with E-state index < -0.39 is 0 Å². The lowest BCUT2D eigenvalue weighted by atomic mass is 9.93. The number of nitrogens with two attached hydrogens (primary N) is 2. The smallest absolute Gasteiger partial charge is 0.273 e. The first-order valence-corrected chi connectivity index (χ1v) is 12.9. The molecule has 0 radical (unpaired) electrons. The first-order chi connectivity index (χ1) is 18.4. The van der Waals surface area contributed by atoms with Gasteiger partial charge in [-0.25, -0.2) is 9.97 Å². The van der Waals surface area contributed by atoms with Crippen molar-refractivity contribution in [3.63, 3.8) is 0 Å². The number of benzene rings is 3. The third kappa shape index (κ3) is 4.26. The number of hydrogen-bond acceptors (Lipinski definition) is 6. The average molecular weight is 507 g/mol. The monoisotopic (exact) mass is 506 g/mol. The molecule has 0 bridgehead atoms. The number of anilines is 1. The van der Waals surface area contributed by atoms with Gasteiger partial charge in [-0.05, 0) is 71.8 Å². The minimum absolute atomic E-state index is 0.0772. The lowest BCUT2D eigenvalue weighted by molar-refractivity contribution is -0.122. The van der Waals surface area contributed by atoms with Crippen molar-refractivity contribution in [3.05, 3.63) is 88.6 Å². The fourth-order valence-electron chi connectivity index (χ4n) is 5.92. The lowest BCUT2D eigenvalue weighted by Gasteiger charge is -2.24. The Morgan fingerprint density at radius 1 is 1.00 bits per heavy atom. The van der Waals surface area contributed by atoms with E-state index in [4.69, 9.17) is 11.5 Å². The molecule has 4 aromatic rings. The number of primary amides is 1. The van der Waals surface area contributed by atoms with Crippen LogP contribution in [0.2, 0.25) is 0 Å². The van der Waals surface area contributed by atoms with E-state index in [9.17, 15) is 9.59 Å². The molecule has 1 aromatic heterocycles. The molecule has 2 amide bonds. The topological polar surface area (TPSA) is 118 Å². The summed E-state index contributed by atoms with van der Waals surface area (Å²) in [4.78, 5) is 38.5. The first kappa shape index (κ1) is 24.1. The van der Waals surface area contributed by atoms with E-state index in [1.165, 1.54) is 0 Å². The van der Waals surface area contributed by atoms with Crippen molar-refractivity contribution in [2.45, 2.75) is 45.4 Å². The van der Waals surface area contributed by atoms with Gasteiger partial charge in [0.1, 0.15) is 5.69 Å². The van der Waals surface area contributed by atoms with E-state index in [0.29, 0.717) is 36.2 Å². The molecule has 3 aromatic carbocycles. The van der Waals surface area contributed by atoms with Crippen LogP contribution in [-0.2, 0) is 24.4 Å². The normalized spacial score (nSPS) is 17.2. The standard InChI is InChI=1S/C30H30N6O2/c1-18-6-4-9-22(17-35-13-5-10-25(35)28(31)37)26(18)19-11-12-24-23(14-19)27(34-30(32)33-24)29(38)36-15-20-7-2-3-8-21(20)16-36/h2-4,6-9,11-12,14,25H,5,10,13,15-17H2,1H3,(H2,31,37)(H2,32,33,34). The summed E-state index contributed by atoms with van der Waals surface area (Å²) in [6, 6.07) is 19.9. The van der Waals surface area contributed by atoms with Gasteiger partial charge in [0.15, 0.2) is 0 Å². The van der Waals surface area contributed by atoms with Crippen LogP contribution >= 0.6 is 0 Å². The Morgan fingerprint density at radius 3 is 2.50 bits per heavy atom. The molecule has 192 valence electrons. The number of amides is 2. The van der Waals surface area contributed by atoms with Crippen LogP contribution in [0.3, 0.4) is 0 Å². The molecule has 0 saturated carbocycles. The van der Waals surface area contributed by atoms with E-state index in [2.05, 4.69) is 46.1 Å². The van der Waals surface area contributed by atoms with E-state index in [-0.39, 0.29) is 23.8 Å². The number of fused-ring (bicyclic) bond motifs is 2. The predicted octanol–water partition coefficient (Wildman–Crippen LogP) is 3.79. The van der Waals surface area contributed by atoms with Crippen LogP contribution in [0, 0.1) is 6.92 Å². The molecule has 1 fully saturated rings. The van der Waals surface area contributed by atoms with Crippen LogP contribution in [0.15, 0.2) is 60.7 Å². The fraction of sp³-hybridized carbons (Fsp3) is 0.267. The highest BCUT2D eigenvalue weighted by molar-refractivity contribution is 6.06. The molecule has 3 heterocycles. The molecule has 1 saturated heterocycles. The number of aryl methyl sites for hydroxylation is 1. The summed E-state index contributed by atoms with van der Waals surface area (Å²) >= 11 is 0. The Balaban J connectivity index is 1.40. The number of hydrogen-bond donors (Lipinski definition) is 2. The predicted molar refractivity (Wildman–Crippen MR) is 147 cm³/mol. The van der Waals surface area contributed by atoms with Gasteiger partial charge in [0.05, 0.1) is 11.6 Å². The Morgan fingerprint density at radius 2 is 1.76 bits per heavy atom. The fourth-order valence-corrected chi connectivity index (χ4v) is 5.92. The molecule has 2 aliphatic rings. The molecule has 8 heteroatoms. The summed E-state index contributed by atoms with van der Waals surface area (Å²) in [5.41, 5.74) is 19.2. The van der Waals surface area contributed by atoms with Gasteiger partial charge in [-0.2, -0.15) is 0 Å². The summed E-state index contributed by atoms with van der Waals surface area (Å²) in [6.07, 6.45) is 1.74. The minimum atomic E-state index is -0.274. The summed E-state index contributed by atoms with van der Waals surface area (Å²) in [5, 5.41) is 0.669. The second-order valence-corrected chi connectivity index (χ2v) is 10.2. The van der Waals surface area contributed by atoms with Crippen molar-refractivity contribution in [1.29, 1.82) is 0 Å². The number of rotatable bonds is 5. The van der Waals surface area contributed by atoms with Crippen molar-refractivity contribution in [2.24, 2.45) is 5.73 Å². The van der Waals surface area contributed by atoms with Gasteiger partial charge in [0.25, 0.3) is 5.91 Å². The van der Waals surface area contributed by atoms with Crippen LogP contribution in [0.4, 0.5) is 5.95 Å². The number of carbonyl (C=O) groups is 2. The van der Waals surface area contributed by atoms with Crippen LogP contribution in [0.25, 0.3) is 22.0 Å². The highest BCUT2D eigenvalue weighted by Crippen LogP contribution is 2.34. The Hall–Kier alpha value is -4.30. The molecule has 2 aliphatic heterocycles. The van der Waals surface area contributed by atoms with Crippen LogP contribution in [-0.4, -0.2) is 44.2 Å². The van der Waals surface area contributed by atoms with Gasteiger partial charge in [0.2, 0.25) is 11.9 Å². The molecular formula is C30H30N6O2. The second kappa shape index (κ2) is 9.54. The SMILES string of the molecule is Cc1cccc(CN2CCCC2C(N)=O)c1-c1ccc2nc(N)nc(C(=O)N3Cc4ccccc4C3)c2c1. The van der Waals surface area contributed by atoms with Crippen molar-refractivity contribution in [1.82, 2.24) is 19.8 Å². The third-order valence-corrected chi connectivity index (χ3v) is 7.76. The highest BCUT2D eigenvalue weighted by Gasteiger charge is 2.30. The van der Waals surface area contributed by atoms with Crippen molar-refractivity contribution in [2.75, 3.05) is 12.3 Å². The average Bonchev–Trinajstić information content (AvgIpc) is 3.55. The molecule has 38 heavy (non-hydrogen) atoms. The minimum Gasteiger partial charge on any atom is -0.368 e. The first-order valence-electron chi connectivity index (χ1n) is 12.9. The third-order valence-electron chi connectivity index (χ3n) is 7.76. The maximum atomic E-state index is 13.7. The van der Waals surface area contributed by atoms with Gasteiger partial charge in [-0.1, -0.05) is 48.5 Å². The van der Waals surface area contributed by atoms with E-state index >= 15 is 0 Å². The molecular weight excluding hydrogens is 476 g/mol. The van der Waals surface area contributed by atoms with Crippen molar-refractivity contribution in [3.8, 4) is 11.1 Å². The number of nitrogen functional groups attached to an aromatic ring is 1. The summed E-state index contributed by atoms with van der Waals surface area (Å²) in [5.74, 6) is -0.360. The summed E-state index contributed by atoms with van der Waals surface area (Å²) in [6.45, 7) is 4.62. The number of likely N-dealkylation sites (tertiary alicyclic amines) is 1. The molecule has 6 rings (SSSR count). The molecule has 0 aliphatic carbocycles. The lowest BCUT2D eigenvalue weighted by Crippen LogP contribution is -2.39. The van der Waals surface area contributed by atoms with Gasteiger partial charge in [-0.3, -0.25) is 14.5 Å².